The quantitative estimate of drug-likeness (QED) is 0.744. The summed E-state index contributed by atoms with van der Waals surface area (Å²) in [6.45, 7) is 0. The highest BCUT2D eigenvalue weighted by molar-refractivity contribution is 7.89. The summed E-state index contributed by atoms with van der Waals surface area (Å²) < 4.78 is 47.1. The monoisotopic (exact) mass is 218 g/mol. The van der Waals surface area contributed by atoms with Crippen molar-refractivity contribution in [2.45, 2.75) is 4.90 Å². The Kier molecular flexibility index (Phi) is 2.51. The summed E-state index contributed by atoms with van der Waals surface area (Å²) >= 11 is 0. The molecule has 0 saturated carbocycles. The molecule has 0 atom stereocenters. The normalized spacial score (nSPS) is 11.0. The third-order valence-corrected chi connectivity index (χ3v) is 2.40. The van der Waals surface area contributed by atoms with Crippen molar-refractivity contribution in [2.75, 3.05) is 0 Å². The number of benzene rings is 1. The van der Waals surface area contributed by atoms with Crippen LogP contribution in [0.2, 0.25) is 0 Å². The summed E-state index contributed by atoms with van der Waals surface area (Å²) in [6.07, 6.45) is 0. The molecular weight excluding hydrogens is 214 g/mol. The zero-order valence-electron chi connectivity index (χ0n) is 6.66. The topological polar surface area (TPSA) is 83.9 Å². The molecule has 1 rings (SSSR count). The van der Waals surface area contributed by atoms with Gasteiger partial charge in [-0.25, -0.2) is 22.3 Å². The van der Waals surface area contributed by atoms with Gasteiger partial charge in [-0.15, -0.1) is 0 Å². The molecular formula is C7H4F2N2O2S. The molecule has 0 heterocycles. The lowest BCUT2D eigenvalue weighted by molar-refractivity contribution is 0.548. The minimum absolute atomic E-state index is 0.348. The summed E-state index contributed by atoms with van der Waals surface area (Å²) in [5, 5.41) is 13.1. The fourth-order valence-corrected chi connectivity index (χ4v) is 1.67. The highest BCUT2D eigenvalue weighted by Gasteiger charge is 2.20. The molecule has 4 nitrogen and oxygen atoms in total. The van der Waals surface area contributed by atoms with E-state index in [1.54, 1.807) is 0 Å². The van der Waals surface area contributed by atoms with Gasteiger partial charge in [-0.3, -0.25) is 0 Å². The van der Waals surface area contributed by atoms with Crippen LogP contribution >= 0.6 is 0 Å². The Balaban J connectivity index is 3.68. The third kappa shape index (κ3) is 1.86. The Bertz CT molecular complexity index is 519. The van der Waals surface area contributed by atoms with Gasteiger partial charge in [0.15, 0.2) is 0 Å². The molecule has 1 aromatic carbocycles. The maximum Gasteiger partial charge on any atom is 0.242 e. The highest BCUT2D eigenvalue weighted by atomic mass is 32.2. The Morgan fingerprint density at radius 2 is 1.93 bits per heavy atom. The largest absolute Gasteiger partial charge is 0.242 e. The minimum Gasteiger partial charge on any atom is -0.224 e. The fourth-order valence-electron chi connectivity index (χ4n) is 0.933. The van der Waals surface area contributed by atoms with Crippen molar-refractivity contribution in [3.63, 3.8) is 0 Å². The maximum absolute atomic E-state index is 12.9. The first-order valence-electron chi connectivity index (χ1n) is 3.28. The van der Waals surface area contributed by atoms with Crippen LogP contribution < -0.4 is 5.14 Å². The standard InChI is InChI=1S/C7H4F2N2O2S/c8-5-1-4(3-10)7(6(9)2-5)14(11,12)13/h1-2H,(H2,11,12,13). The Hall–Kier alpha value is -1.52. The molecule has 0 aliphatic carbocycles. The molecule has 0 unspecified atom stereocenters. The van der Waals surface area contributed by atoms with E-state index in [4.69, 9.17) is 5.26 Å². The van der Waals surface area contributed by atoms with Gasteiger partial charge in [-0.2, -0.15) is 5.26 Å². The van der Waals surface area contributed by atoms with Gasteiger partial charge < -0.3 is 0 Å². The Morgan fingerprint density at radius 3 is 2.36 bits per heavy atom. The van der Waals surface area contributed by atoms with E-state index in [0.717, 1.165) is 0 Å². The van der Waals surface area contributed by atoms with Gasteiger partial charge >= 0.3 is 0 Å². The molecule has 0 fully saturated rings. The number of hydrogen-bond acceptors (Lipinski definition) is 3. The SMILES string of the molecule is N#Cc1cc(F)cc(F)c1S(N)(=O)=O. The lowest BCUT2D eigenvalue weighted by atomic mass is 10.2. The molecule has 1 aromatic rings. The van der Waals surface area contributed by atoms with Crippen molar-refractivity contribution in [3.05, 3.63) is 29.3 Å². The van der Waals surface area contributed by atoms with Crippen molar-refractivity contribution in [3.8, 4) is 6.07 Å². The van der Waals surface area contributed by atoms with Crippen LogP contribution in [0.25, 0.3) is 0 Å². The van der Waals surface area contributed by atoms with Gasteiger partial charge in [-0.05, 0) is 6.07 Å². The van der Waals surface area contributed by atoms with E-state index in [-0.39, 0.29) is 0 Å². The molecule has 0 radical (unpaired) electrons. The van der Waals surface area contributed by atoms with Crippen molar-refractivity contribution in [1.29, 1.82) is 5.26 Å². The maximum atomic E-state index is 12.9. The van der Waals surface area contributed by atoms with Crippen molar-refractivity contribution < 1.29 is 17.2 Å². The number of rotatable bonds is 1. The van der Waals surface area contributed by atoms with Gasteiger partial charge in [-0.1, -0.05) is 0 Å². The van der Waals surface area contributed by atoms with Crippen LogP contribution in [0.4, 0.5) is 8.78 Å². The summed E-state index contributed by atoms with van der Waals surface area (Å²) in [7, 11) is -4.36. The molecule has 0 aliphatic rings. The van der Waals surface area contributed by atoms with Crippen molar-refractivity contribution >= 4 is 10.0 Å². The van der Waals surface area contributed by atoms with Gasteiger partial charge in [0.25, 0.3) is 0 Å². The Labute approximate surface area is 78.6 Å². The zero-order valence-corrected chi connectivity index (χ0v) is 7.48. The predicted molar refractivity (Wildman–Crippen MR) is 42.4 cm³/mol. The van der Waals surface area contributed by atoms with Crippen molar-refractivity contribution in [1.82, 2.24) is 0 Å². The van der Waals surface area contributed by atoms with Crippen LogP contribution in [-0.4, -0.2) is 8.42 Å². The number of nitrogens with zero attached hydrogens (tertiary/aromatic N) is 1. The van der Waals surface area contributed by atoms with E-state index >= 15 is 0 Å². The summed E-state index contributed by atoms with van der Waals surface area (Å²) in [5.74, 6) is -2.41. The number of halogens is 2. The van der Waals surface area contributed by atoms with Crippen LogP contribution in [-0.2, 0) is 10.0 Å². The lowest BCUT2D eigenvalue weighted by Crippen LogP contribution is -2.16. The molecule has 0 amide bonds. The molecule has 0 aromatic heterocycles. The average Bonchev–Trinajstić information content (AvgIpc) is 1.99. The first kappa shape index (κ1) is 10.6. The van der Waals surface area contributed by atoms with Crippen LogP contribution in [0.5, 0.6) is 0 Å². The Morgan fingerprint density at radius 1 is 1.36 bits per heavy atom. The predicted octanol–water partition coefficient (Wildman–Crippen LogP) is 0.484. The smallest absolute Gasteiger partial charge is 0.224 e. The molecule has 7 heteroatoms. The molecule has 14 heavy (non-hydrogen) atoms. The molecule has 0 aliphatic heterocycles. The van der Waals surface area contributed by atoms with Gasteiger partial charge in [0, 0.05) is 6.07 Å². The van der Waals surface area contributed by atoms with Crippen LogP contribution in [0.15, 0.2) is 17.0 Å². The van der Waals surface area contributed by atoms with Gasteiger partial charge in [0.05, 0.1) is 5.56 Å². The average molecular weight is 218 g/mol. The summed E-state index contributed by atoms with van der Waals surface area (Å²) in [5.41, 5.74) is -0.648. The summed E-state index contributed by atoms with van der Waals surface area (Å²) in [4.78, 5) is -0.985. The van der Waals surface area contributed by atoms with Crippen LogP contribution in [0.1, 0.15) is 5.56 Å². The number of nitriles is 1. The molecule has 0 saturated heterocycles. The van der Waals surface area contributed by atoms with E-state index in [2.05, 4.69) is 5.14 Å². The minimum atomic E-state index is -4.36. The number of hydrogen-bond donors (Lipinski definition) is 1. The zero-order chi connectivity index (χ0) is 10.9. The first-order valence-corrected chi connectivity index (χ1v) is 4.83. The summed E-state index contributed by atoms with van der Waals surface area (Å²) in [6, 6.07) is 2.29. The van der Waals surface area contributed by atoms with Crippen LogP contribution in [0.3, 0.4) is 0 Å². The number of primary sulfonamides is 1. The molecule has 0 bridgehead atoms. The first-order chi connectivity index (χ1) is 6.36. The van der Waals surface area contributed by atoms with Gasteiger partial charge in [0.2, 0.25) is 10.0 Å². The number of nitrogens with two attached hydrogens (primary N) is 1. The number of sulfonamides is 1. The highest BCUT2D eigenvalue weighted by Crippen LogP contribution is 2.19. The molecule has 74 valence electrons. The van der Waals surface area contributed by atoms with E-state index < -0.39 is 32.1 Å². The third-order valence-electron chi connectivity index (χ3n) is 1.41. The van der Waals surface area contributed by atoms with Crippen LogP contribution in [0, 0.1) is 23.0 Å². The lowest BCUT2D eigenvalue weighted by Gasteiger charge is -2.02. The van der Waals surface area contributed by atoms with E-state index in [0.29, 0.717) is 12.1 Å². The molecule has 0 spiro atoms. The van der Waals surface area contributed by atoms with E-state index in [9.17, 15) is 17.2 Å². The fraction of sp³-hybridized carbons (Fsp3) is 0. The van der Waals surface area contributed by atoms with Gasteiger partial charge in [0.1, 0.15) is 22.6 Å². The van der Waals surface area contributed by atoms with E-state index in [1.807, 2.05) is 0 Å². The second kappa shape index (κ2) is 3.32. The second-order valence-electron chi connectivity index (χ2n) is 2.42. The molecule has 2 N–H and O–H groups in total. The van der Waals surface area contributed by atoms with E-state index in [1.165, 1.54) is 6.07 Å². The second-order valence-corrected chi connectivity index (χ2v) is 3.92. The van der Waals surface area contributed by atoms with Crippen molar-refractivity contribution in [2.24, 2.45) is 5.14 Å².